The van der Waals surface area contributed by atoms with Gasteiger partial charge in [0.05, 0.1) is 19.4 Å². The molecule has 0 spiro atoms. The molecule has 2 unspecified atom stereocenters. The Morgan fingerprint density at radius 1 is 0.583 bits per heavy atom. The molecule has 3 heterocycles. The molecule has 0 aliphatic carbocycles. The molecule has 72 heavy (non-hydrogen) atoms. The van der Waals surface area contributed by atoms with E-state index in [0.717, 1.165) is 122 Å². The molecule has 1 N–H and O–H groups in total. The van der Waals surface area contributed by atoms with E-state index in [4.69, 9.17) is 32.7 Å². The normalized spacial score (nSPS) is 18.4. The van der Waals surface area contributed by atoms with Crippen LogP contribution in [0.15, 0.2) is 97.1 Å². The highest BCUT2D eigenvalue weighted by Gasteiger charge is 2.57. The molecule has 15 heteroatoms. The zero-order valence-corrected chi connectivity index (χ0v) is 44.2. The number of ketones is 3. The molecule has 4 aromatic carbocycles. The average Bonchev–Trinajstić information content (AvgIpc) is 3.39. The standard InChI is InChI=1S/C57H75Cl2N7O6/c1-44(67)57(56(70)60-29-33-61(2)3,65-40-36-63(37-41-65)31-8-5-11-43-72-52-27-19-48(20-28-52)55(69)46-15-23-50(59)24-16-46)66-32-9-6-12-53(66)64-38-34-62(35-39-64)30-7-4-10-42-71-51-25-17-47(18-26-51)54(68)45-13-21-49(58)22-14-45/h13-28,53H,4-12,29-43H2,1-3H3,(H,60,70). The lowest BCUT2D eigenvalue weighted by Gasteiger charge is -2.56. The van der Waals surface area contributed by atoms with E-state index in [1.54, 1.807) is 67.6 Å². The van der Waals surface area contributed by atoms with Crippen LogP contribution in [0.25, 0.3) is 0 Å². The van der Waals surface area contributed by atoms with Crippen LogP contribution in [0.4, 0.5) is 0 Å². The largest absolute Gasteiger partial charge is 0.494 e. The monoisotopic (exact) mass is 1020 g/mol. The van der Waals surface area contributed by atoms with E-state index in [0.29, 0.717) is 78.2 Å². The summed E-state index contributed by atoms with van der Waals surface area (Å²) in [5.74, 6) is 1.12. The summed E-state index contributed by atoms with van der Waals surface area (Å²) >= 11 is 12.0. The maximum atomic E-state index is 14.8. The number of benzene rings is 4. The first-order valence-electron chi connectivity index (χ1n) is 26.1. The van der Waals surface area contributed by atoms with Crippen LogP contribution in [0.1, 0.15) is 96.6 Å². The van der Waals surface area contributed by atoms with Crippen molar-refractivity contribution in [1.29, 1.82) is 0 Å². The lowest BCUT2D eigenvalue weighted by Crippen LogP contribution is -2.78. The number of carbonyl (C=O) groups excluding carboxylic acids is 4. The topological polar surface area (TPSA) is 118 Å². The van der Waals surface area contributed by atoms with E-state index < -0.39 is 5.66 Å². The molecule has 2 atom stereocenters. The van der Waals surface area contributed by atoms with Crippen molar-refractivity contribution in [1.82, 2.24) is 34.7 Å². The molecular formula is C57H75Cl2N7O6. The number of hydrogen-bond donors (Lipinski definition) is 1. The number of likely N-dealkylation sites (tertiary alicyclic amines) is 1. The molecule has 13 nitrogen and oxygen atoms in total. The molecule has 3 fully saturated rings. The fraction of sp³-hybridized carbons (Fsp3) is 0.509. The van der Waals surface area contributed by atoms with Crippen LogP contribution in [0.5, 0.6) is 11.5 Å². The van der Waals surface area contributed by atoms with Crippen molar-refractivity contribution < 1.29 is 28.7 Å². The molecular weight excluding hydrogens is 950 g/mol. The van der Waals surface area contributed by atoms with Crippen molar-refractivity contribution in [2.45, 2.75) is 76.5 Å². The molecule has 388 valence electrons. The van der Waals surface area contributed by atoms with Gasteiger partial charge in [-0.3, -0.25) is 33.9 Å². The van der Waals surface area contributed by atoms with Crippen LogP contribution in [0.3, 0.4) is 0 Å². The SMILES string of the molecule is CC(=O)C(C(=O)NCCN(C)C)(N1CCN(CCCCCOc2ccc(C(=O)c3ccc(Cl)cc3)cc2)CC1)N1CCCCC1N1CCN(CCCCCOc2ccc(C(=O)c3ccc(Cl)cc3)cc2)CC1. The average molecular weight is 1030 g/mol. The third-order valence-corrected chi connectivity index (χ3v) is 14.9. The summed E-state index contributed by atoms with van der Waals surface area (Å²) in [6.45, 7) is 13.3. The second-order valence-electron chi connectivity index (χ2n) is 19.7. The Labute approximate surface area is 437 Å². The summed E-state index contributed by atoms with van der Waals surface area (Å²) in [6.07, 6.45) is 9.02. The summed E-state index contributed by atoms with van der Waals surface area (Å²) in [7, 11) is 3.99. The molecule has 0 bridgehead atoms. The lowest BCUT2D eigenvalue weighted by atomic mass is 9.92. The quantitative estimate of drug-likeness (QED) is 0.0371. The molecule has 3 aliphatic rings. The number of carbonyl (C=O) groups is 4. The van der Waals surface area contributed by atoms with Gasteiger partial charge >= 0.3 is 0 Å². The first kappa shape index (κ1) is 55.1. The Morgan fingerprint density at radius 3 is 1.47 bits per heavy atom. The number of rotatable bonds is 26. The van der Waals surface area contributed by atoms with Gasteiger partial charge in [-0.15, -0.1) is 0 Å². The first-order valence-corrected chi connectivity index (χ1v) is 26.9. The zero-order valence-electron chi connectivity index (χ0n) is 42.7. The number of halogens is 2. The van der Waals surface area contributed by atoms with Gasteiger partial charge < -0.3 is 29.5 Å². The Bertz CT molecular complexity index is 2340. The van der Waals surface area contributed by atoms with E-state index in [2.05, 4.69) is 34.7 Å². The lowest BCUT2D eigenvalue weighted by molar-refractivity contribution is -0.179. The number of likely N-dealkylation sites (N-methyl/N-ethyl adjacent to an activating group) is 1. The van der Waals surface area contributed by atoms with Gasteiger partial charge in [0, 0.05) is 104 Å². The fourth-order valence-corrected chi connectivity index (χ4v) is 10.6. The smallest absolute Gasteiger partial charge is 0.263 e. The number of unbranched alkanes of at least 4 members (excludes halogenated alkanes) is 4. The number of amides is 1. The number of piperidine rings is 1. The highest BCUT2D eigenvalue weighted by atomic mass is 35.5. The van der Waals surface area contributed by atoms with Crippen molar-refractivity contribution in [3.8, 4) is 11.5 Å². The van der Waals surface area contributed by atoms with E-state index in [1.165, 1.54) is 0 Å². The third-order valence-electron chi connectivity index (χ3n) is 14.4. The van der Waals surface area contributed by atoms with E-state index in [1.807, 2.05) is 50.5 Å². The van der Waals surface area contributed by atoms with Crippen molar-refractivity contribution >= 4 is 46.5 Å². The maximum absolute atomic E-state index is 14.8. The number of ether oxygens (including phenoxy) is 2. The zero-order chi connectivity index (χ0) is 50.9. The summed E-state index contributed by atoms with van der Waals surface area (Å²) in [5.41, 5.74) is 1.05. The predicted octanol–water partition coefficient (Wildman–Crippen LogP) is 8.26. The van der Waals surface area contributed by atoms with Crippen LogP contribution in [-0.2, 0) is 9.59 Å². The minimum Gasteiger partial charge on any atom is -0.494 e. The minimum atomic E-state index is -1.38. The second kappa shape index (κ2) is 27.5. The minimum absolute atomic E-state index is 0.00112. The molecule has 1 amide bonds. The molecule has 3 saturated heterocycles. The Hall–Kier alpha value is -4.70. The van der Waals surface area contributed by atoms with Crippen LogP contribution >= 0.6 is 23.2 Å². The Balaban J connectivity index is 0.851. The van der Waals surface area contributed by atoms with E-state index in [-0.39, 0.29) is 29.4 Å². The molecule has 4 aromatic rings. The van der Waals surface area contributed by atoms with Crippen LogP contribution in [-0.4, -0.2) is 177 Å². The van der Waals surface area contributed by atoms with Gasteiger partial charge in [0.1, 0.15) is 11.5 Å². The van der Waals surface area contributed by atoms with E-state index in [9.17, 15) is 19.2 Å². The summed E-state index contributed by atoms with van der Waals surface area (Å²) in [5, 5.41) is 4.43. The Kier molecular flexibility index (Phi) is 21.1. The highest BCUT2D eigenvalue weighted by molar-refractivity contribution is 6.31. The van der Waals surface area contributed by atoms with Crippen molar-refractivity contribution in [3.05, 3.63) is 129 Å². The number of hydrogen-bond acceptors (Lipinski definition) is 12. The number of piperazine rings is 2. The highest BCUT2D eigenvalue weighted by Crippen LogP contribution is 2.34. The van der Waals surface area contributed by atoms with Gasteiger partial charge in [-0.25, -0.2) is 0 Å². The van der Waals surface area contributed by atoms with Gasteiger partial charge in [0.25, 0.3) is 5.91 Å². The summed E-state index contributed by atoms with van der Waals surface area (Å²) < 4.78 is 12.0. The van der Waals surface area contributed by atoms with Crippen molar-refractivity contribution in [3.63, 3.8) is 0 Å². The van der Waals surface area contributed by atoms with Crippen LogP contribution in [0, 0.1) is 0 Å². The molecule has 0 saturated carbocycles. The van der Waals surface area contributed by atoms with Gasteiger partial charge in [0.2, 0.25) is 5.66 Å². The van der Waals surface area contributed by atoms with Gasteiger partial charge in [0.15, 0.2) is 17.3 Å². The summed E-state index contributed by atoms with van der Waals surface area (Å²) in [4.78, 5) is 68.9. The number of nitrogens with zero attached hydrogens (tertiary/aromatic N) is 6. The van der Waals surface area contributed by atoms with Crippen molar-refractivity contribution in [2.24, 2.45) is 0 Å². The Morgan fingerprint density at radius 2 is 1.03 bits per heavy atom. The maximum Gasteiger partial charge on any atom is 0.263 e. The number of nitrogens with one attached hydrogen (secondary N) is 1. The third kappa shape index (κ3) is 15.0. The van der Waals surface area contributed by atoms with Crippen molar-refractivity contribution in [2.75, 3.05) is 112 Å². The van der Waals surface area contributed by atoms with Gasteiger partial charge in [-0.05, 0) is 189 Å². The fourth-order valence-electron chi connectivity index (χ4n) is 10.4. The molecule has 0 aromatic heterocycles. The second-order valence-corrected chi connectivity index (χ2v) is 20.6. The van der Waals surface area contributed by atoms with Gasteiger partial charge in [-0.1, -0.05) is 23.2 Å². The molecule has 7 rings (SSSR count). The molecule has 3 aliphatic heterocycles. The van der Waals surface area contributed by atoms with Gasteiger partial charge in [-0.2, -0.15) is 0 Å². The van der Waals surface area contributed by atoms with Crippen LogP contribution < -0.4 is 14.8 Å². The number of Topliss-reactive ketones (excluding diaryl/α,β-unsaturated/α-hetero) is 1. The summed E-state index contributed by atoms with van der Waals surface area (Å²) in [6, 6.07) is 28.5. The predicted molar refractivity (Wildman–Crippen MR) is 287 cm³/mol. The van der Waals surface area contributed by atoms with Crippen LogP contribution in [0.2, 0.25) is 10.0 Å². The molecule has 0 radical (unpaired) electrons. The first-order chi connectivity index (χ1) is 34.9. The van der Waals surface area contributed by atoms with E-state index >= 15 is 0 Å².